The van der Waals surface area contributed by atoms with Crippen molar-refractivity contribution >= 4 is 5.78 Å². The quantitative estimate of drug-likeness (QED) is 0.491. The molecule has 2 N–H and O–H groups in total. The smallest absolute Gasteiger partial charge is 0.129 e. The van der Waals surface area contributed by atoms with Gasteiger partial charge in [-0.3, -0.25) is 0 Å². The van der Waals surface area contributed by atoms with Crippen molar-refractivity contribution in [3.05, 3.63) is 11.6 Å². The average Bonchev–Trinajstić information content (AvgIpc) is 3.05. The van der Waals surface area contributed by atoms with Crippen LogP contribution >= 0.6 is 0 Å². The van der Waals surface area contributed by atoms with E-state index in [1.165, 1.54) is 12.0 Å². The molecule has 4 aliphatic rings. The third-order valence-electron chi connectivity index (χ3n) is 9.83. The number of hydrogen-bond acceptors (Lipinski definition) is 3. The van der Waals surface area contributed by atoms with E-state index in [0.717, 1.165) is 51.4 Å². The van der Waals surface area contributed by atoms with Gasteiger partial charge in [0, 0.05) is 6.42 Å². The van der Waals surface area contributed by atoms with Gasteiger partial charge in [0.25, 0.3) is 0 Å². The van der Waals surface area contributed by atoms with Gasteiger partial charge in [-0.25, -0.2) is 0 Å². The minimum absolute atomic E-state index is 0.147. The van der Waals surface area contributed by atoms with Gasteiger partial charge >= 0.3 is 0 Å². The maximum Gasteiger partial charge on any atom is 0.129 e. The molecule has 0 aliphatic heterocycles. The number of allylic oxidation sites excluding steroid dienone is 1. The number of rotatable bonds is 5. The van der Waals surface area contributed by atoms with E-state index in [4.69, 9.17) is 6.42 Å². The first-order valence-electron chi connectivity index (χ1n) is 12.2. The molecule has 0 aromatic carbocycles. The van der Waals surface area contributed by atoms with E-state index in [2.05, 4.69) is 18.9 Å². The molecule has 0 spiro atoms. The standard InChI is InChI=1S/C27H40O3/c1-5-27-16-12-20(29)17-19(27)8-9-21-22-10-11-24(25(22,3)15-13-23(21)27)26(4,30)14-6-7-18(2)28/h1,8,20-24,29-30H,6-7,9-17H2,2-4H3/t20-,21-,22-,23-,24-,25-,26-,27-/m0/s1. The second kappa shape index (κ2) is 7.79. The van der Waals surface area contributed by atoms with E-state index in [0.29, 0.717) is 36.5 Å². The van der Waals surface area contributed by atoms with Crippen LogP contribution in [-0.4, -0.2) is 27.7 Å². The topological polar surface area (TPSA) is 57.5 Å². The van der Waals surface area contributed by atoms with Gasteiger partial charge in [-0.05, 0) is 107 Å². The average molecular weight is 413 g/mol. The molecular weight excluding hydrogens is 372 g/mol. The van der Waals surface area contributed by atoms with Crippen molar-refractivity contribution in [3.8, 4) is 12.3 Å². The number of ketones is 1. The highest BCUT2D eigenvalue weighted by atomic mass is 16.3. The van der Waals surface area contributed by atoms with Gasteiger partial charge in [-0.1, -0.05) is 24.5 Å². The molecule has 0 radical (unpaired) electrons. The molecule has 0 bridgehead atoms. The number of carbonyl (C=O) groups is 1. The Kier molecular flexibility index (Phi) is 5.74. The maximum atomic E-state index is 11.5. The predicted octanol–water partition coefficient (Wildman–Crippen LogP) is 5.05. The van der Waals surface area contributed by atoms with Crippen LogP contribution < -0.4 is 0 Å². The summed E-state index contributed by atoms with van der Waals surface area (Å²) in [5, 5.41) is 21.7. The summed E-state index contributed by atoms with van der Waals surface area (Å²) in [6.45, 7) is 6.08. The molecule has 0 aromatic heterocycles. The SMILES string of the molecule is C#C[C@]12CC[C@H](O)CC1=CC[C@H]1[C@@H]3CC[C@H]([C@@](C)(O)CCCC(C)=O)[C@@]3(C)CC[C@@H]12. The molecule has 0 heterocycles. The fourth-order valence-corrected chi connectivity index (χ4v) is 8.45. The lowest BCUT2D eigenvalue weighted by atomic mass is 9.46. The third kappa shape index (κ3) is 3.39. The van der Waals surface area contributed by atoms with Crippen LogP contribution in [0.5, 0.6) is 0 Å². The summed E-state index contributed by atoms with van der Waals surface area (Å²) in [7, 11) is 0. The summed E-state index contributed by atoms with van der Waals surface area (Å²) >= 11 is 0. The van der Waals surface area contributed by atoms with E-state index in [1.807, 2.05) is 6.92 Å². The largest absolute Gasteiger partial charge is 0.393 e. The van der Waals surface area contributed by atoms with Crippen molar-refractivity contribution in [3.63, 3.8) is 0 Å². The van der Waals surface area contributed by atoms with E-state index < -0.39 is 5.60 Å². The molecule has 4 aliphatic carbocycles. The molecule has 166 valence electrons. The molecule has 3 saturated carbocycles. The molecule has 0 unspecified atom stereocenters. The lowest BCUT2D eigenvalue weighted by molar-refractivity contribution is -0.118. The number of carbonyl (C=O) groups excluding carboxylic acids is 1. The summed E-state index contributed by atoms with van der Waals surface area (Å²) in [6, 6.07) is 0. The first kappa shape index (κ1) is 22.1. The Morgan fingerprint density at radius 2 is 2.03 bits per heavy atom. The third-order valence-corrected chi connectivity index (χ3v) is 9.83. The van der Waals surface area contributed by atoms with Gasteiger partial charge in [-0.2, -0.15) is 0 Å². The Balaban J connectivity index is 1.57. The Bertz CT molecular complexity index is 759. The summed E-state index contributed by atoms with van der Waals surface area (Å²) in [5.41, 5.74) is 0.626. The lowest BCUT2D eigenvalue weighted by Crippen LogP contribution is -2.53. The molecule has 0 saturated heterocycles. The van der Waals surface area contributed by atoms with Gasteiger partial charge in [-0.15, -0.1) is 6.42 Å². The fourth-order valence-electron chi connectivity index (χ4n) is 8.45. The number of fused-ring (bicyclic) bond motifs is 5. The molecular formula is C27H40O3. The summed E-state index contributed by atoms with van der Waals surface area (Å²) in [4.78, 5) is 11.4. The summed E-state index contributed by atoms with van der Waals surface area (Å²) < 4.78 is 0. The van der Waals surface area contributed by atoms with Gasteiger partial charge in [0.2, 0.25) is 0 Å². The van der Waals surface area contributed by atoms with Crippen LogP contribution in [0, 0.1) is 46.8 Å². The maximum absolute atomic E-state index is 11.5. The van der Waals surface area contributed by atoms with Crippen LogP contribution in [0.2, 0.25) is 0 Å². The number of Topliss-reactive ketones (excluding diaryl/α,β-unsaturated/α-hetero) is 1. The van der Waals surface area contributed by atoms with Crippen molar-refractivity contribution in [2.75, 3.05) is 0 Å². The molecule has 4 rings (SSSR count). The van der Waals surface area contributed by atoms with E-state index in [-0.39, 0.29) is 22.7 Å². The van der Waals surface area contributed by atoms with Gasteiger partial charge in [0.15, 0.2) is 0 Å². The Labute approximate surface area is 182 Å². The van der Waals surface area contributed by atoms with Crippen LogP contribution in [0.25, 0.3) is 0 Å². The number of aliphatic hydroxyl groups excluding tert-OH is 1. The highest BCUT2D eigenvalue weighted by Crippen LogP contribution is 2.67. The monoisotopic (exact) mass is 412 g/mol. The first-order valence-corrected chi connectivity index (χ1v) is 12.2. The summed E-state index contributed by atoms with van der Waals surface area (Å²) in [6.07, 6.45) is 18.5. The number of hydrogen-bond donors (Lipinski definition) is 2. The van der Waals surface area contributed by atoms with Crippen molar-refractivity contribution < 1.29 is 15.0 Å². The van der Waals surface area contributed by atoms with Crippen LogP contribution in [0.3, 0.4) is 0 Å². The number of aliphatic hydroxyl groups is 2. The van der Waals surface area contributed by atoms with Crippen molar-refractivity contribution in [2.24, 2.45) is 34.5 Å². The summed E-state index contributed by atoms with van der Waals surface area (Å²) in [5.74, 6) is 5.48. The van der Waals surface area contributed by atoms with Crippen LogP contribution in [0.15, 0.2) is 11.6 Å². The molecule has 0 amide bonds. The predicted molar refractivity (Wildman–Crippen MR) is 120 cm³/mol. The number of terminal acetylenes is 1. The minimum atomic E-state index is -0.708. The second-order valence-corrected chi connectivity index (χ2v) is 11.4. The molecule has 30 heavy (non-hydrogen) atoms. The Morgan fingerprint density at radius 1 is 1.27 bits per heavy atom. The second-order valence-electron chi connectivity index (χ2n) is 11.4. The van der Waals surface area contributed by atoms with Crippen molar-refractivity contribution in [1.29, 1.82) is 0 Å². The zero-order chi connectivity index (χ0) is 21.7. The molecule has 0 aromatic rings. The van der Waals surface area contributed by atoms with Crippen LogP contribution in [0.4, 0.5) is 0 Å². The van der Waals surface area contributed by atoms with Gasteiger partial charge in [0.1, 0.15) is 5.78 Å². The highest BCUT2D eigenvalue weighted by Gasteiger charge is 2.61. The lowest BCUT2D eigenvalue weighted by Gasteiger charge is -2.58. The van der Waals surface area contributed by atoms with Gasteiger partial charge < -0.3 is 15.0 Å². The van der Waals surface area contributed by atoms with Crippen molar-refractivity contribution in [2.45, 2.75) is 103 Å². The van der Waals surface area contributed by atoms with Crippen LogP contribution in [0.1, 0.15) is 91.4 Å². The molecule has 3 nitrogen and oxygen atoms in total. The van der Waals surface area contributed by atoms with Gasteiger partial charge in [0.05, 0.1) is 17.1 Å². The minimum Gasteiger partial charge on any atom is -0.393 e. The zero-order valence-corrected chi connectivity index (χ0v) is 19.1. The van der Waals surface area contributed by atoms with E-state index >= 15 is 0 Å². The zero-order valence-electron chi connectivity index (χ0n) is 19.1. The van der Waals surface area contributed by atoms with E-state index in [1.54, 1.807) is 6.92 Å². The highest BCUT2D eigenvalue weighted by molar-refractivity contribution is 5.75. The van der Waals surface area contributed by atoms with Crippen LogP contribution in [-0.2, 0) is 4.79 Å². The Hall–Kier alpha value is -1.11. The Morgan fingerprint density at radius 3 is 2.73 bits per heavy atom. The molecule has 3 heteroatoms. The van der Waals surface area contributed by atoms with E-state index in [9.17, 15) is 15.0 Å². The van der Waals surface area contributed by atoms with Crippen molar-refractivity contribution in [1.82, 2.24) is 0 Å². The molecule has 8 atom stereocenters. The fraction of sp³-hybridized carbons (Fsp3) is 0.815. The first-order chi connectivity index (χ1) is 14.1. The normalized spacial score (nSPS) is 44.7. The molecule has 3 fully saturated rings.